The molecule has 2 aromatic carbocycles. The molecule has 137 heavy (non-hydrogen) atoms. The maximum absolute atomic E-state index is 2.44. The Morgan fingerprint density at radius 3 is 0.555 bits per heavy atom. The van der Waals surface area contributed by atoms with Crippen molar-refractivity contribution in [3.8, 4) is 0 Å². The molecule has 0 bridgehead atoms. The van der Waals surface area contributed by atoms with E-state index in [2.05, 4.69) is 145 Å². The molecule has 0 amide bonds. The van der Waals surface area contributed by atoms with E-state index in [9.17, 15) is 0 Å². The van der Waals surface area contributed by atoms with Gasteiger partial charge in [0.05, 0.1) is 0 Å². The summed E-state index contributed by atoms with van der Waals surface area (Å²) in [5, 5.41) is 0. The van der Waals surface area contributed by atoms with Crippen LogP contribution in [0.4, 0.5) is 0 Å². The highest BCUT2D eigenvalue weighted by Crippen LogP contribution is 2.52. The highest BCUT2D eigenvalue weighted by atomic mass is 14.4. The molecule has 14 aliphatic rings. The van der Waals surface area contributed by atoms with Gasteiger partial charge in [-0.3, -0.25) is 0 Å². The second-order valence-electron chi connectivity index (χ2n) is 52.9. The predicted octanol–water partition coefficient (Wildman–Crippen LogP) is 49.2. The Morgan fingerprint density at radius 2 is 0.358 bits per heavy atom. The number of aryl methyl sites for hydroxylation is 2. The molecule has 0 N–H and O–H groups in total. The van der Waals surface area contributed by atoms with Crippen LogP contribution in [0, 0.1) is 161 Å². The molecule has 14 aliphatic carbocycles. The monoisotopic (exact) mass is 1920 g/mol. The molecular weight excluding hydrogens is 1650 g/mol. The van der Waals surface area contributed by atoms with Gasteiger partial charge in [0.2, 0.25) is 0 Å². The number of benzene rings is 2. The number of rotatable bonds is 36. The van der Waals surface area contributed by atoms with E-state index in [-0.39, 0.29) is 20.0 Å². The summed E-state index contributed by atoms with van der Waals surface area (Å²) >= 11 is 0. The minimum atomic E-state index is 0. The van der Waals surface area contributed by atoms with Crippen molar-refractivity contribution in [1.29, 1.82) is 0 Å². The van der Waals surface area contributed by atoms with E-state index in [0.717, 1.165) is 166 Å². The molecule has 0 aromatic heterocycles. The van der Waals surface area contributed by atoms with Crippen LogP contribution in [0.15, 0.2) is 48.5 Å². The lowest BCUT2D eigenvalue weighted by molar-refractivity contribution is 0.140. The zero-order valence-electron chi connectivity index (χ0n) is 95.5. The molecule has 14 fully saturated rings. The molecule has 0 unspecified atom stereocenters. The summed E-state index contributed by atoms with van der Waals surface area (Å²) in [6, 6.07) is 18.9. The summed E-state index contributed by atoms with van der Waals surface area (Å²) < 4.78 is 0. The third-order valence-corrected chi connectivity index (χ3v) is 43.3. The smallest absolute Gasteiger partial charge is 0 e. The molecule has 0 nitrogen and oxygen atoms in total. The topological polar surface area (TPSA) is 0 Å². The molecule has 0 heteroatoms. The first-order valence-electron chi connectivity index (χ1n) is 65.3. The minimum Gasteiger partial charge on any atom is -0.0654 e. The van der Waals surface area contributed by atoms with Crippen molar-refractivity contribution in [1.82, 2.24) is 0 Å². The van der Waals surface area contributed by atoms with Gasteiger partial charge in [-0.15, -0.1) is 0 Å². The molecule has 0 aliphatic heterocycles. The van der Waals surface area contributed by atoms with Crippen molar-refractivity contribution in [3.63, 3.8) is 0 Å². The SMILES string of the molecule is CCCC1CCC(C2CCC(C)CC2)CC1.CCCC1CCC(C2CCC(CC)CC2)CC1.CCCC1CCC(C2CCC(c3ccc(C)cc3)CC2)CC1.CCCCC1CCC(C2CCC(CCC)CC2)CC1.CCCCCC1CCC(C2CCC(CC)CC2)CC1.CCCCCC1CCC(C2CCC(CCC)CC2)CC1.CCCc1ccc(C2CCC(C3CCC(CCC)CC3)CC2)cc1.[HH].[HH].[HH].[HH].[HH].[HH].[HH].[HH].[HH].[HH].[HH].[HH].[HH].[HH]. The Balaban J connectivity index is -0.000000542. The fourth-order valence-electron chi connectivity index (χ4n) is 33.7. The van der Waals surface area contributed by atoms with E-state index in [1.54, 1.807) is 229 Å². The molecule has 0 atom stereocenters. The molecule has 0 saturated heterocycles. The second kappa shape index (κ2) is 69.6. The van der Waals surface area contributed by atoms with E-state index in [4.69, 9.17) is 0 Å². The zero-order chi connectivity index (χ0) is 96.8. The van der Waals surface area contributed by atoms with Crippen LogP contribution >= 0.6 is 0 Å². The second-order valence-corrected chi connectivity index (χ2v) is 52.9. The normalized spacial score (nSPS) is 35.5. The lowest BCUT2D eigenvalue weighted by Gasteiger charge is -2.38. The van der Waals surface area contributed by atoms with Crippen LogP contribution in [0.2, 0.25) is 0 Å². The van der Waals surface area contributed by atoms with E-state index >= 15 is 0 Å². The fourth-order valence-corrected chi connectivity index (χ4v) is 33.7. The van der Waals surface area contributed by atoms with Crippen molar-refractivity contribution < 1.29 is 20.0 Å². The average Bonchev–Trinajstić information content (AvgIpc) is 0.842. The summed E-state index contributed by atoms with van der Waals surface area (Å²) in [7, 11) is 0. The molecule has 14 saturated carbocycles. The van der Waals surface area contributed by atoms with Crippen LogP contribution in [-0.4, -0.2) is 0 Å². The Labute approximate surface area is 881 Å². The summed E-state index contributed by atoms with van der Waals surface area (Å²) in [6.07, 6.45) is 125. The minimum absolute atomic E-state index is 0. The maximum atomic E-state index is 2.44. The van der Waals surface area contributed by atoms with Gasteiger partial charge in [-0.1, -0.05) is 465 Å². The Hall–Kier alpha value is -1.56. The average molecular weight is 1920 g/mol. The Bertz CT molecular complexity index is 3140. The van der Waals surface area contributed by atoms with E-state index in [1.165, 1.54) is 326 Å². The van der Waals surface area contributed by atoms with Crippen LogP contribution < -0.4 is 0 Å². The molecule has 16 rings (SSSR count). The van der Waals surface area contributed by atoms with E-state index < -0.39 is 0 Å². The molecule has 0 heterocycles. The van der Waals surface area contributed by atoms with Crippen molar-refractivity contribution in [2.24, 2.45) is 154 Å². The van der Waals surface area contributed by atoms with E-state index in [0.29, 0.717) is 0 Å². The number of hydrogen-bond acceptors (Lipinski definition) is 0. The fraction of sp³-hybridized carbons (Fsp3) is 0.912. The van der Waals surface area contributed by atoms with Crippen LogP contribution in [-0.2, 0) is 6.42 Å². The largest absolute Gasteiger partial charge is 0.0654 e. The van der Waals surface area contributed by atoms with Gasteiger partial charge in [-0.25, -0.2) is 0 Å². The lowest BCUT2D eigenvalue weighted by Crippen LogP contribution is -2.25. The number of unbranched alkanes of at least 4 members (excludes halogenated alkanes) is 5. The third kappa shape index (κ3) is 43.3. The zero-order valence-corrected chi connectivity index (χ0v) is 95.5. The summed E-state index contributed by atoms with van der Waals surface area (Å²) in [5.41, 5.74) is 6.11. The van der Waals surface area contributed by atoms with Crippen LogP contribution in [0.3, 0.4) is 0 Å². The molecule has 820 valence electrons. The van der Waals surface area contributed by atoms with Crippen molar-refractivity contribution in [2.75, 3.05) is 0 Å². The highest BCUT2D eigenvalue weighted by Gasteiger charge is 2.39. The molecule has 0 spiro atoms. The quantitative estimate of drug-likeness (QED) is 0.0597. The molecule has 0 radical (unpaired) electrons. The van der Waals surface area contributed by atoms with Crippen molar-refractivity contribution in [2.45, 2.75) is 642 Å². The van der Waals surface area contributed by atoms with Gasteiger partial charge in [-0.05, 0) is 401 Å². The summed E-state index contributed by atoms with van der Waals surface area (Å²) in [5.74, 6) is 29.9. The van der Waals surface area contributed by atoms with Gasteiger partial charge in [0, 0.05) is 20.0 Å². The van der Waals surface area contributed by atoms with Gasteiger partial charge in [0.25, 0.3) is 0 Å². The van der Waals surface area contributed by atoms with Gasteiger partial charge in [0.15, 0.2) is 0 Å². The van der Waals surface area contributed by atoms with Gasteiger partial charge < -0.3 is 0 Å². The standard InChI is InChI=1S/C24H38.C22H34.C20H38.2C19H36.C17H32.C16H30.14H2/c1-3-5-19-7-11-21(12-8-19)23-15-17-24(18-16-23)22-13-9-20(6-4-2)10-14-22;1-3-4-18-7-11-20(12-8-18)22-15-13-21(14-16-22)19-9-5-17(2)6-10-19;1-3-5-6-8-18-11-15-20(16-12-18)19-13-9-17(7-4-2)10-14-19;1-3-5-6-7-17-10-14-19(15-11-17)18-12-8-16(4-2)9-13-18;1-3-5-7-17-10-14-19(15-11-17)18-12-8-16(6-4-2)9-13-18;1-3-5-15-8-12-17(13-9-15)16-10-6-14(4-2)7-11-16;1-3-4-14-7-11-16(12-8-14)15-9-5-13(2)6-10-15;;;;;;;;;;;;;;/h7-8,11-12,20,22-24H,3-6,9-10,13-18H2,1-2H3;5-6,9-10,18,20-22H,3-4,7-8,11-16H2,1-2H3;17-20H,3-16H2,1-2H3;2*16-19H,3-15H2,1-2H3;14-17H,3-13H2,1-2H3;13-16H,3-12H2,1-2H3;14*1H. The third-order valence-electron chi connectivity index (χ3n) is 43.3. The predicted molar refractivity (Wildman–Crippen MR) is 639 cm³/mol. The summed E-state index contributed by atoms with van der Waals surface area (Å²) in [6.45, 7) is 32.7. The molecular formula is C137H272. The lowest BCUT2D eigenvalue weighted by atomic mass is 9.68. The first-order valence-corrected chi connectivity index (χ1v) is 65.3. The molecule has 2 aromatic rings. The van der Waals surface area contributed by atoms with Crippen LogP contribution in [0.25, 0.3) is 0 Å². The summed E-state index contributed by atoms with van der Waals surface area (Å²) in [4.78, 5) is 0. The van der Waals surface area contributed by atoms with Crippen LogP contribution in [0.1, 0.15) is 671 Å². The Kier molecular flexibility index (Phi) is 59.6. The van der Waals surface area contributed by atoms with Crippen molar-refractivity contribution >= 4 is 0 Å². The van der Waals surface area contributed by atoms with E-state index in [1.807, 2.05) is 0 Å². The van der Waals surface area contributed by atoms with Gasteiger partial charge >= 0.3 is 0 Å². The first-order chi connectivity index (χ1) is 67.2. The Morgan fingerprint density at radius 1 is 0.175 bits per heavy atom. The van der Waals surface area contributed by atoms with Crippen molar-refractivity contribution in [3.05, 3.63) is 70.8 Å². The van der Waals surface area contributed by atoms with Gasteiger partial charge in [-0.2, -0.15) is 0 Å². The van der Waals surface area contributed by atoms with Crippen LogP contribution in [0.5, 0.6) is 0 Å². The van der Waals surface area contributed by atoms with Gasteiger partial charge in [0.1, 0.15) is 0 Å². The maximum Gasteiger partial charge on any atom is 0 e. The first kappa shape index (κ1) is 117. The number of hydrogen-bond donors (Lipinski definition) is 0. The highest BCUT2D eigenvalue weighted by molar-refractivity contribution is 5.27.